The summed E-state index contributed by atoms with van der Waals surface area (Å²) in [6, 6.07) is 26.2. The number of hydrogen-bond acceptors (Lipinski definition) is 9. The highest BCUT2D eigenvalue weighted by molar-refractivity contribution is 8.00. The second kappa shape index (κ2) is 13.2. The van der Waals surface area contributed by atoms with Gasteiger partial charge in [-0.05, 0) is 71.1 Å². The number of hydrogen-bond donors (Lipinski definition) is 1. The highest BCUT2D eigenvalue weighted by Crippen LogP contribution is 2.45. The molecule has 0 bridgehead atoms. The largest absolute Gasteiger partial charge is 0.507 e. The number of Topliss-reactive ketones (excluding diaryl/α,β-unsaturated/α-hetero) is 1. The van der Waals surface area contributed by atoms with Crippen molar-refractivity contribution >= 4 is 56.5 Å². The molecule has 4 aromatic carbocycles. The van der Waals surface area contributed by atoms with E-state index in [0.717, 1.165) is 29.5 Å². The van der Waals surface area contributed by atoms with Crippen molar-refractivity contribution in [1.82, 2.24) is 10.2 Å². The van der Waals surface area contributed by atoms with Crippen molar-refractivity contribution in [1.29, 1.82) is 0 Å². The van der Waals surface area contributed by atoms with E-state index in [9.17, 15) is 14.7 Å². The van der Waals surface area contributed by atoms with Crippen LogP contribution in [0.2, 0.25) is 0 Å². The Balaban J connectivity index is 1.25. The molecule has 2 aliphatic heterocycles. The van der Waals surface area contributed by atoms with Gasteiger partial charge >= 0.3 is 5.91 Å². The van der Waals surface area contributed by atoms with Crippen molar-refractivity contribution in [3.8, 4) is 11.5 Å². The van der Waals surface area contributed by atoms with E-state index in [1.54, 1.807) is 12.1 Å². The summed E-state index contributed by atoms with van der Waals surface area (Å²) in [5, 5.41) is 23.1. The maximum atomic E-state index is 13.8. The summed E-state index contributed by atoms with van der Waals surface area (Å²) in [5.41, 5.74) is 3.17. The number of ketones is 1. The molecule has 1 saturated heterocycles. The summed E-state index contributed by atoms with van der Waals surface area (Å²) in [4.78, 5) is 29.0. The van der Waals surface area contributed by atoms with Crippen LogP contribution in [-0.4, -0.2) is 39.7 Å². The molecule has 0 aliphatic carbocycles. The van der Waals surface area contributed by atoms with Crippen LogP contribution in [0.15, 0.2) is 94.8 Å². The average molecular weight is 664 g/mol. The van der Waals surface area contributed by atoms with Crippen LogP contribution >= 0.6 is 23.1 Å². The number of ether oxygens (including phenoxy) is 2. The Morgan fingerprint density at radius 1 is 1.04 bits per heavy atom. The lowest BCUT2D eigenvalue weighted by molar-refractivity contribution is -0.132. The van der Waals surface area contributed by atoms with E-state index in [4.69, 9.17) is 9.47 Å². The number of aromatic nitrogens is 2. The standard InChI is InChI=1S/C37H33N3O5S2/c1-3-4-17-44-28-13-8-11-24(20-28)32-31(33(41)25-15-16-30-27(19-25)18-22(2)45-30)34(42)35(43)40(32)36-38-39-37(47-36)46-21-26-12-7-10-23-9-5-6-14-29(23)26/h5-16,19-20,22,32,41H,3-4,17-18,21H2,1-2H3/b33-31-. The molecule has 0 saturated carbocycles. The molecule has 0 radical (unpaired) electrons. The highest BCUT2D eigenvalue weighted by Gasteiger charge is 2.48. The summed E-state index contributed by atoms with van der Waals surface area (Å²) in [6.45, 7) is 4.62. The zero-order valence-corrected chi connectivity index (χ0v) is 27.6. The van der Waals surface area contributed by atoms with E-state index in [2.05, 4.69) is 41.4 Å². The van der Waals surface area contributed by atoms with E-state index >= 15 is 0 Å². The van der Waals surface area contributed by atoms with Crippen LogP contribution in [0.25, 0.3) is 16.5 Å². The van der Waals surface area contributed by atoms with Crippen LogP contribution in [0.5, 0.6) is 11.5 Å². The Morgan fingerprint density at radius 3 is 2.74 bits per heavy atom. The molecule has 5 aromatic rings. The number of nitrogens with zero attached hydrogens (tertiary/aromatic N) is 3. The topological polar surface area (TPSA) is 102 Å². The lowest BCUT2D eigenvalue weighted by Crippen LogP contribution is -2.29. The van der Waals surface area contributed by atoms with Gasteiger partial charge in [0.2, 0.25) is 5.13 Å². The fourth-order valence-corrected chi connectivity index (χ4v) is 7.97. The monoisotopic (exact) mass is 663 g/mol. The van der Waals surface area contributed by atoms with E-state index in [-0.39, 0.29) is 22.6 Å². The van der Waals surface area contributed by atoms with Crippen LogP contribution in [0.3, 0.4) is 0 Å². The predicted molar refractivity (Wildman–Crippen MR) is 185 cm³/mol. The molecule has 3 heterocycles. The Morgan fingerprint density at radius 2 is 1.87 bits per heavy atom. The molecule has 1 fully saturated rings. The number of carbonyl (C=O) groups is 2. The zero-order valence-electron chi connectivity index (χ0n) is 26.0. The highest BCUT2D eigenvalue weighted by atomic mass is 32.2. The first-order valence-electron chi connectivity index (χ1n) is 15.7. The second-order valence-corrected chi connectivity index (χ2v) is 13.9. The van der Waals surface area contributed by atoms with Crippen molar-refractivity contribution in [2.45, 2.75) is 55.3 Å². The van der Waals surface area contributed by atoms with E-state index in [1.165, 1.54) is 38.9 Å². The number of anilines is 1. The number of carbonyl (C=O) groups excluding carboxylic acids is 2. The van der Waals surface area contributed by atoms with E-state index in [1.807, 2.05) is 55.5 Å². The summed E-state index contributed by atoms with van der Waals surface area (Å²) in [7, 11) is 0. The number of fused-ring (bicyclic) bond motifs is 2. The zero-order chi connectivity index (χ0) is 32.5. The molecule has 2 unspecified atom stereocenters. The molecule has 0 spiro atoms. The van der Waals surface area contributed by atoms with Crippen molar-refractivity contribution < 1.29 is 24.2 Å². The molecular weight excluding hydrogens is 631 g/mol. The van der Waals surface area contributed by atoms with Crippen LogP contribution in [0, 0.1) is 0 Å². The number of aliphatic hydroxyl groups excluding tert-OH is 1. The first-order valence-corrected chi connectivity index (χ1v) is 17.5. The minimum Gasteiger partial charge on any atom is -0.507 e. The number of benzene rings is 4. The summed E-state index contributed by atoms with van der Waals surface area (Å²) >= 11 is 2.77. The molecule has 1 aromatic heterocycles. The number of rotatable bonds is 10. The van der Waals surface area contributed by atoms with Gasteiger partial charge in [0.1, 0.15) is 23.4 Å². The van der Waals surface area contributed by atoms with Crippen LogP contribution < -0.4 is 14.4 Å². The van der Waals surface area contributed by atoms with Gasteiger partial charge in [-0.3, -0.25) is 14.5 Å². The molecule has 238 valence electrons. The van der Waals surface area contributed by atoms with Crippen molar-refractivity contribution in [3.63, 3.8) is 0 Å². The maximum Gasteiger partial charge on any atom is 0.301 e. The van der Waals surface area contributed by atoms with Gasteiger partial charge < -0.3 is 14.6 Å². The van der Waals surface area contributed by atoms with Gasteiger partial charge in [0.25, 0.3) is 5.78 Å². The summed E-state index contributed by atoms with van der Waals surface area (Å²) in [5.74, 6) is 0.240. The smallest absolute Gasteiger partial charge is 0.301 e. The third-order valence-corrected chi connectivity index (χ3v) is 10.5. The summed E-state index contributed by atoms with van der Waals surface area (Å²) in [6.07, 6.45) is 2.60. The third-order valence-electron chi connectivity index (χ3n) is 8.39. The number of unbranched alkanes of at least 4 members (excludes halogenated alkanes) is 1. The Labute approximate surface area is 281 Å². The van der Waals surface area contributed by atoms with Crippen LogP contribution in [0.1, 0.15) is 55.0 Å². The molecule has 2 atom stereocenters. The van der Waals surface area contributed by atoms with Crippen molar-refractivity contribution in [2.24, 2.45) is 0 Å². The lowest BCUT2D eigenvalue weighted by Gasteiger charge is -2.23. The molecule has 47 heavy (non-hydrogen) atoms. The van der Waals surface area contributed by atoms with Gasteiger partial charge in [0, 0.05) is 17.7 Å². The number of aliphatic hydroxyl groups is 1. The first kappa shape index (κ1) is 31.0. The normalized spacial score (nSPS) is 18.5. The Hall–Kier alpha value is -4.67. The molecular formula is C37H33N3O5S2. The van der Waals surface area contributed by atoms with Gasteiger partial charge in [-0.15, -0.1) is 10.2 Å². The van der Waals surface area contributed by atoms with E-state index in [0.29, 0.717) is 40.0 Å². The van der Waals surface area contributed by atoms with Crippen LogP contribution in [-0.2, 0) is 21.8 Å². The van der Waals surface area contributed by atoms with Gasteiger partial charge in [-0.25, -0.2) is 0 Å². The number of thioether (sulfide) groups is 1. The van der Waals surface area contributed by atoms with Gasteiger partial charge in [0.15, 0.2) is 4.34 Å². The predicted octanol–water partition coefficient (Wildman–Crippen LogP) is 8.11. The van der Waals surface area contributed by atoms with Gasteiger partial charge in [-0.1, -0.05) is 91.0 Å². The minimum absolute atomic E-state index is 0.00668. The number of amides is 1. The SMILES string of the molecule is CCCCOc1cccc(C2/C(=C(/O)c3ccc4c(c3)CC(C)O4)C(=O)C(=O)N2c2nnc(SCc3cccc4ccccc34)s2)c1. The third kappa shape index (κ3) is 6.11. The quantitative estimate of drug-likeness (QED) is 0.0399. The van der Waals surface area contributed by atoms with Crippen molar-refractivity contribution in [2.75, 3.05) is 11.5 Å². The van der Waals surface area contributed by atoms with Crippen LogP contribution in [0.4, 0.5) is 5.13 Å². The second-order valence-electron chi connectivity index (χ2n) is 11.7. The molecule has 10 heteroatoms. The molecule has 7 rings (SSSR count). The average Bonchev–Trinajstić information content (AvgIpc) is 3.78. The Bertz CT molecular complexity index is 2020. The fraction of sp³-hybridized carbons (Fsp3) is 0.243. The molecule has 1 amide bonds. The maximum absolute atomic E-state index is 13.8. The molecule has 1 N–H and O–H groups in total. The van der Waals surface area contributed by atoms with Gasteiger partial charge in [-0.2, -0.15) is 0 Å². The van der Waals surface area contributed by atoms with E-state index < -0.39 is 17.7 Å². The van der Waals surface area contributed by atoms with Crippen molar-refractivity contribution in [3.05, 3.63) is 113 Å². The lowest BCUT2D eigenvalue weighted by atomic mass is 9.94. The summed E-state index contributed by atoms with van der Waals surface area (Å²) < 4.78 is 12.5. The minimum atomic E-state index is -0.933. The van der Waals surface area contributed by atoms with Gasteiger partial charge in [0.05, 0.1) is 18.2 Å². The molecule has 8 nitrogen and oxygen atoms in total. The fourth-order valence-electron chi connectivity index (χ4n) is 6.09. The Kier molecular flexibility index (Phi) is 8.70. The molecule has 2 aliphatic rings. The first-order chi connectivity index (χ1) is 22.9.